The van der Waals surface area contributed by atoms with Gasteiger partial charge in [0.05, 0.1) is 0 Å². The van der Waals surface area contributed by atoms with Crippen LogP contribution in [0.25, 0.3) is 11.6 Å². The maximum atomic E-state index is 2.23. The topological polar surface area (TPSA) is 0 Å². The molecule has 0 heteroatoms. The van der Waals surface area contributed by atoms with Gasteiger partial charge in [0.1, 0.15) is 0 Å². The van der Waals surface area contributed by atoms with Crippen LogP contribution in [0, 0.1) is 0 Å². The van der Waals surface area contributed by atoms with Gasteiger partial charge < -0.3 is 0 Å². The van der Waals surface area contributed by atoms with E-state index >= 15 is 0 Å². The minimum atomic E-state index is 0.989. The third-order valence-corrected chi connectivity index (χ3v) is 3.84. The maximum Gasteiger partial charge on any atom is -0.00258 e. The van der Waals surface area contributed by atoms with E-state index in [-0.39, 0.29) is 0 Å². The third kappa shape index (κ3) is 3.73. The van der Waals surface area contributed by atoms with Crippen LogP contribution < -0.4 is 0 Å². The number of hydrogen-bond acceptors (Lipinski definition) is 0. The lowest BCUT2D eigenvalue weighted by Gasteiger charge is -2.06. The average molecular weight is 284 g/mol. The quantitative estimate of drug-likeness (QED) is 0.528. The van der Waals surface area contributed by atoms with Crippen molar-refractivity contribution in [1.29, 1.82) is 0 Å². The van der Waals surface area contributed by atoms with Gasteiger partial charge in [-0.1, -0.05) is 91.0 Å². The molecule has 3 aromatic rings. The van der Waals surface area contributed by atoms with Crippen LogP contribution in [0.1, 0.15) is 29.2 Å². The van der Waals surface area contributed by atoms with Gasteiger partial charge in [-0.2, -0.15) is 0 Å². The van der Waals surface area contributed by atoms with Crippen LogP contribution in [0.15, 0.2) is 84.9 Å². The van der Waals surface area contributed by atoms with Gasteiger partial charge in [0, 0.05) is 0 Å². The van der Waals surface area contributed by atoms with E-state index < -0.39 is 0 Å². The molecule has 0 radical (unpaired) electrons. The van der Waals surface area contributed by atoms with E-state index in [1.54, 1.807) is 0 Å². The Hall–Kier alpha value is -2.60. The molecule has 0 aliphatic heterocycles. The Bertz CT molecular complexity index is 735. The fourth-order valence-corrected chi connectivity index (χ4v) is 2.60. The van der Waals surface area contributed by atoms with Gasteiger partial charge >= 0.3 is 0 Å². The lowest BCUT2D eigenvalue weighted by atomic mass is 10.00. The second-order valence-corrected chi connectivity index (χ2v) is 5.60. The number of rotatable bonds is 4. The average Bonchev–Trinajstić information content (AvgIpc) is 2.57. The molecule has 0 fully saturated rings. The molecule has 0 nitrogen and oxygen atoms in total. The molecule has 22 heavy (non-hydrogen) atoms. The van der Waals surface area contributed by atoms with Crippen molar-refractivity contribution in [3.05, 3.63) is 107 Å². The number of benzene rings is 3. The molecule has 0 amide bonds. The molecule has 0 aliphatic rings. The molecule has 0 aromatic heterocycles. The molecule has 108 valence electrons. The lowest BCUT2D eigenvalue weighted by molar-refractivity contribution is 1.19. The summed E-state index contributed by atoms with van der Waals surface area (Å²) in [5.74, 6) is 0. The Morgan fingerprint density at radius 3 is 1.86 bits per heavy atom. The first-order valence-electron chi connectivity index (χ1n) is 7.68. The molecule has 0 spiro atoms. The molecular weight excluding hydrogens is 264 g/mol. The summed E-state index contributed by atoms with van der Waals surface area (Å²) in [7, 11) is 0. The molecule has 0 unspecified atom stereocenters. The second-order valence-electron chi connectivity index (χ2n) is 5.60. The zero-order chi connectivity index (χ0) is 15.2. The van der Waals surface area contributed by atoms with Crippen molar-refractivity contribution in [2.24, 2.45) is 0 Å². The van der Waals surface area contributed by atoms with Crippen molar-refractivity contribution in [3.63, 3.8) is 0 Å². The Kier molecular flexibility index (Phi) is 4.50. The van der Waals surface area contributed by atoms with E-state index in [2.05, 4.69) is 91.9 Å². The molecule has 0 atom stereocenters. The fourth-order valence-electron chi connectivity index (χ4n) is 2.60. The molecule has 0 saturated heterocycles. The largest absolute Gasteiger partial charge is 0.0622 e. The minimum Gasteiger partial charge on any atom is -0.0622 e. The van der Waals surface area contributed by atoms with Gasteiger partial charge in [-0.05, 0) is 41.2 Å². The Labute approximate surface area is 132 Å². The van der Waals surface area contributed by atoms with E-state index in [0.29, 0.717) is 0 Å². The minimum absolute atomic E-state index is 0.989. The molecule has 0 heterocycles. The smallest absolute Gasteiger partial charge is 0.00258 e. The lowest BCUT2D eigenvalue weighted by Crippen LogP contribution is -1.88. The van der Waals surface area contributed by atoms with Gasteiger partial charge in [0.15, 0.2) is 0 Å². The van der Waals surface area contributed by atoms with Crippen molar-refractivity contribution in [2.45, 2.75) is 13.3 Å². The molecule has 3 rings (SSSR count). The summed E-state index contributed by atoms with van der Waals surface area (Å²) >= 11 is 0. The second kappa shape index (κ2) is 6.91. The zero-order valence-corrected chi connectivity index (χ0v) is 12.9. The summed E-state index contributed by atoms with van der Waals surface area (Å²) in [6, 6.07) is 29.9. The predicted molar refractivity (Wildman–Crippen MR) is 95.7 cm³/mol. The zero-order valence-electron chi connectivity index (χ0n) is 12.9. The van der Waals surface area contributed by atoms with Crippen LogP contribution in [0.2, 0.25) is 0 Å². The van der Waals surface area contributed by atoms with Gasteiger partial charge in [-0.3, -0.25) is 0 Å². The summed E-state index contributed by atoms with van der Waals surface area (Å²) in [6.07, 6.45) is 3.22. The monoisotopic (exact) mass is 284 g/mol. The van der Waals surface area contributed by atoms with E-state index in [0.717, 1.165) is 6.42 Å². The summed E-state index contributed by atoms with van der Waals surface area (Å²) in [6.45, 7) is 2.17. The van der Waals surface area contributed by atoms with E-state index in [1.807, 2.05) is 6.07 Å². The normalized spacial score (nSPS) is 11.4. The number of hydrogen-bond donors (Lipinski definition) is 0. The first-order valence-corrected chi connectivity index (χ1v) is 7.68. The third-order valence-electron chi connectivity index (χ3n) is 3.84. The van der Waals surface area contributed by atoms with Crippen molar-refractivity contribution < 1.29 is 0 Å². The highest BCUT2D eigenvalue weighted by molar-refractivity contribution is 5.80. The summed E-state index contributed by atoms with van der Waals surface area (Å²) in [4.78, 5) is 0. The van der Waals surface area contributed by atoms with Gasteiger partial charge in [-0.15, -0.1) is 0 Å². The molecule has 0 N–H and O–H groups in total. The Morgan fingerprint density at radius 2 is 1.23 bits per heavy atom. The first-order chi connectivity index (χ1) is 10.8. The van der Waals surface area contributed by atoms with Gasteiger partial charge in [0.2, 0.25) is 0 Å². The van der Waals surface area contributed by atoms with Crippen molar-refractivity contribution in [2.75, 3.05) is 0 Å². The first kappa shape index (κ1) is 14.3. The molecule has 3 aromatic carbocycles. The van der Waals surface area contributed by atoms with E-state index in [9.17, 15) is 0 Å². The van der Waals surface area contributed by atoms with E-state index in [1.165, 1.54) is 27.8 Å². The molecule has 0 saturated carbocycles. The molecule has 0 aliphatic carbocycles. The SMILES string of the molecule is C/C(=C\c1ccccc1)c1ccc(Cc2ccccc2)cc1. The van der Waals surface area contributed by atoms with Gasteiger partial charge in [0.25, 0.3) is 0 Å². The van der Waals surface area contributed by atoms with Crippen LogP contribution >= 0.6 is 0 Å². The van der Waals surface area contributed by atoms with Crippen LogP contribution in [-0.4, -0.2) is 0 Å². The fraction of sp³-hybridized carbons (Fsp3) is 0.0909. The molecular formula is C22H20. The number of allylic oxidation sites excluding steroid dienone is 1. The van der Waals surface area contributed by atoms with Crippen LogP contribution in [0.3, 0.4) is 0 Å². The molecule has 0 bridgehead atoms. The summed E-state index contributed by atoms with van der Waals surface area (Å²) in [5.41, 5.74) is 6.51. The maximum absolute atomic E-state index is 2.23. The van der Waals surface area contributed by atoms with Crippen molar-refractivity contribution in [3.8, 4) is 0 Å². The van der Waals surface area contributed by atoms with Crippen LogP contribution in [-0.2, 0) is 6.42 Å². The standard InChI is InChI=1S/C22H20/c1-18(16-19-8-4-2-5-9-19)22-14-12-21(13-15-22)17-20-10-6-3-7-11-20/h2-16H,17H2,1H3/b18-16+. The summed E-state index contributed by atoms with van der Waals surface area (Å²) < 4.78 is 0. The van der Waals surface area contributed by atoms with Crippen LogP contribution in [0.4, 0.5) is 0 Å². The Morgan fingerprint density at radius 1 is 0.682 bits per heavy atom. The summed E-state index contributed by atoms with van der Waals surface area (Å²) in [5, 5.41) is 0. The Balaban J connectivity index is 1.75. The van der Waals surface area contributed by atoms with Crippen molar-refractivity contribution >= 4 is 11.6 Å². The predicted octanol–water partition coefficient (Wildman–Crippen LogP) is 5.84. The van der Waals surface area contributed by atoms with Gasteiger partial charge in [-0.25, -0.2) is 0 Å². The highest BCUT2D eigenvalue weighted by Crippen LogP contribution is 2.19. The van der Waals surface area contributed by atoms with E-state index in [4.69, 9.17) is 0 Å². The highest BCUT2D eigenvalue weighted by Gasteiger charge is 1.99. The van der Waals surface area contributed by atoms with Crippen LogP contribution in [0.5, 0.6) is 0 Å². The highest BCUT2D eigenvalue weighted by atomic mass is 14.0. The van der Waals surface area contributed by atoms with Crippen molar-refractivity contribution in [1.82, 2.24) is 0 Å².